The highest BCUT2D eigenvalue weighted by molar-refractivity contribution is 5.88. The molecule has 1 fully saturated rings. The molecule has 5 atom stereocenters. The minimum atomic E-state index is -1.44. The van der Waals surface area contributed by atoms with Gasteiger partial charge < -0.3 is 34.9 Å². The van der Waals surface area contributed by atoms with Crippen molar-refractivity contribution in [3.63, 3.8) is 0 Å². The summed E-state index contributed by atoms with van der Waals surface area (Å²) in [4.78, 5) is 11.7. The van der Waals surface area contributed by atoms with Crippen molar-refractivity contribution in [2.45, 2.75) is 37.6 Å². The number of benzene rings is 1. The van der Waals surface area contributed by atoms with Crippen molar-refractivity contribution in [3.05, 3.63) is 46.3 Å². The topological polar surface area (TPSA) is 132 Å². The molecular weight excluding hydrogens is 342 g/mol. The van der Waals surface area contributed by atoms with E-state index in [9.17, 15) is 20.1 Å². The summed E-state index contributed by atoms with van der Waals surface area (Å²) in [5.74, 6) is 0. The van der Waals surface area contributed by atoms with Crippen LogP contribution in [0.4, 0.5) is 5.69 Å². The highest BCUT2D eigenvalue weighted by Crippen LogP contribution is 2.26. The van der Waals surface area contributed by atoms with Crippen molar-refractivity contribution in [3.8, 4) is 0 Å². The number of anilines is 1. The summed E-state index contributed by atoms with van der Waals surface area (Å²) in [7, 11) is 0. The van der Waals surface area contributed by atoms with Crippen LogP contribution in [0.15, 0.2) is 39.6 Å². The zero-order chi connectivity index (χ0) is 18.8. The van der Waals surface area contributed by atoms with Crippen molar-refractivity contribution in [1.29, 1.82) is 0 Å². The highest BCUT2D eigenvalue weighted by Gasteiger charge is 2.43. The van der Waals surface area contributed by atoms with Gasteiger partial charge in [-0.2, -0.15) is 0 Å². The second kappa shape index (κ2) is 7.56. The zero-order valence-corrected chi connectivity index (χ0v) is 14.1. The molecule has 0 spiro atoms. The first kappa shape index (κ1) is 18.6. The molecule has 8 heteroatoms. The van der Waals surface area contributed by atoms with Gasteiger partial charge in [-0.05, 0) is 24.6 Å². The van der Waals surface area contributed by atoms with Crippen LogP contribution in [0.2, 0.25) is 0 Å². The summed E-state index contributed by atoms with van der Waals surface area (Å²) in [6.45, 7) is 1.31. The maximum absolute atomic E-state index is 11.7. The Morgan fingerprint density at radius 2 is 1.96 bits per heavy atom. The number of allylic oxidation sites excluding steroid dienone is 1. The molecule has 2 aromatic rings. The molecule has 0 radical (unpaired) electrons. The molecule has 1 saturated heterocycles. The van der Waals surface area contributed by atoms with Crippen LogP contribution >= 0.6 is 0 Å². The van der Waals surface area contributed by atoms with E-state index in [1.165, 1.54) is 6.07 Å². The van der Waals surface area contributed by atoms with E-state index in [4.69, 9.17) is 14.3 Å². The van der Waals surface area contributed by atoms with Gasteiger partial charge in [0.25, 0.3) is 0 Å². The monoisotopic (exact) mass is 363 g/mol. The van der Waals surface area contributed by atoms with Gasteiger partial charge in [0.1, 0.15) is 29.9 Å². The molecule has 1 aromatic heterocycles. The van der Waals surface area contributed by atoms with Gasteiger partial charge in [0.2, 0.25) is 0 Å². The van der Waals surface area contributed by atoms with Crippen molar-refractivity contribution in [2.75, 3.05) is 11.9 Å². The Labute approximate surface area is 149 Å². The lowest BCUT2D eigenvalue weighted by Crippen LogP contribution is -2.61. The number of ether oxygens (including phenoxy) is 1. The quantitative estimate of drug-likeness (QED) is 0.481. The second-order valence-corrected chi connectivity index (χ2v) is 6.13. The first-order valence-corrected chi connectivity index (χ1v) is 8.22. The summed E-state index contributed by atoms with van der Waals surface area (Å²) >= 11 is 0. The van der Waals surface area contributed by atoms with Gasteiger partial charge in [-0.15, -0.1) is 0 Å². The normalized spacial score (nSPS) is 29.3. The number of hydrogen-bond donors (Lipinski definition) is 5. The van der Waals surface area contributed by atoms with Crippen LogP contribution in [0.1, 0.15) is 12.5 Å². The summed E-state index contributed by atoms with van der Waals surface area (Å²) < 4.78 is 10.3. The van der Waals surface area contributed by atoms with Crippen molar-refractivity contribution in [1.82, 2.24) is 0 Å². The number of fused-ring (bicyclic) bond motifs is 1. The standard InChI is InChI=1S/C18H21NO7/c1-2-3-9-6-14(21)25-12-7-10(4-5-11(9)12)19-15-17(23)16(22)13(8-20)26-18(15)24/h2-7,13,15-20,22-24H,8H2,1H3/b3-2+/t13?,15?,16-,17-,18-/m1/s1. The van der Waals surface area contributed by atoms with Crippen molar-refractivity contribution >= 4 is 22.7 Å². The predicted molar refractivity (Wildman–Crippen MR) is 94.6 cm³/mol. The Kier molecular flexibility index (Phi) is 5.40. The van der Waals surface area contributed by atoms with Crippen molar-refractivity contribution in [2.24, 2.45) is 0 Å². The third-order valence-electron chi connectivity index (χ3n) is 4.36. The number of rotatable bonds is 4. The molecule has 0 saturated carbocycles. The van der Waals surface area contributed by atoms with E-state index < -0.39 is 42.9 Å². The van der Waals surface area contributed by atoms with Gasteiger partial charge in [0.15, 0.2) is 6.29 Å². The molecule has 1 aliphatic heterocycles. The van der Waals surface area contributed by atoms with Crippen molar-refractivity contribution < 1.29 is 29.6 Å². The first-order valence-electron chi connectivity index (χ1n) is 8.22. The van der Waals surface area contributed by atoms with Gasteiger partial charge in [-0.25, -0.2) is 4.79 Å². The number of aliphatic hydroxyl groups is 4. The van der Waals surface area contributed by atoms with Gasteiger partial charge in [-0.3, -0.25) is 0 Å². The smallest absolute Gasteiger partial charge is 0.336 e. The lowest BCUT2D eigenvalue weighted by Gasteiger charge is -2.40. The molecule has 2 heterocycles. The summed E-state index contributed by atoms with van der Waals surface area (Å²) in [5, 5.41) is 42.9. The van der Waals surface area contributed by atoms with Gasteiger partial charge >= 0.3 is 5.63 Å². The van der Waals surface area contributed by atoms with E-state index >= 15 is 0 Å². The molecule has 5 N–H and O–H groups in total. The van der Waals surface area contributed by atoms with E-state index in [0.29, 0.717) is 16.8 Å². The minimum Gasteiger partial charge on any atom is -0.423 e. The average molecular weight is 363 g/mol. The SMILES string of the molecule is C/C=C/c1cc(=O)oc2cc(NC3[C@H](O)OC(CO)[C@@H](O)[C@@H]3O)ccc12. The lowest BCUT2D eigenvalue weighted by atomic mass is 9.96. The highest BCUT2D eigenvalue weighted by atomic mass is 16.6. The number of nitrogens with one attached hydrogen (secondary N) is 1. The maximum atomic E-state index is 11.7. The molecule has 26 heavy (non-hydrogen) atoms. The molecule has 8 nitrogen and oxygen atoms in total. The molecule has 0 aliphatic carbocycles. The summed E-state index contributed by atoms with van der Waals surface area (Å²) in [6.07, 6.45) is -1.64. The summed E-state index contributed by atoms with van der Waals surface area (Å²) in [6, 6.07) is 5.36. The van der Waals surface area contributed by atoms with Crippen LogP contribution in [-0.4, -0.2) is 57.7 Å². The van der Waals surface area contributed by atoms with Crippen LogP contribution in [0.5, 0.6) is 0 Å². The molecule has 1 aromatic carbocycles. The van der Waals surface area contributed by atoms with Crippen LogP contribution < -0.4 is 10.9 Å². The van der Waals surface area contributed by atoms with Crippen LogP contribution in [0.25, 0.3) is 17.0 Å². The maximum Gasteiger partial charge on any atom is 0.336 e. The minimum absolute atomic E-state index is 0.338. The third-order valence-corrected chi connectivity index (χ3v) is 4.36. The van der Waals surface area contributed by atoms with Gasteiger partial charge in [-0.1, -0.05) is 12.2 Å². The number of aliphatic hydroxyl groups excluding tert-OH is 4. The molecule has 0 amide bonds. The molecule has 3 rings (SSSR count). The van der Waals surface area contributed by atoms with Crippen LogP contribution in [0, 0.1) is 0 Å². The predicted octanol–water partition coefficient (Wildman–Crippen LogP) is 0.0379. The molecule has 0 bridgehead atoms. The Hall–Kier alpha value is -2.23. The Morgan fingerprint density at radius 3 is 2.65 bits per heavy atom. The van der Waals surface area contributed by atoms with E-state index in [1.807, 2.05) is 13.0 Å². The summed E-state index contributed by atoms with van der Waals surface area (Å²) in [5.41, 5.74) is 1.02. The third kappa shape index (κ3) is 3.50. The zero-order valence-electron chi connectivity index (χ0n) is 14.1. The van der Waals surface area contributed by atoms with Gasteiger partial charge in [0, 0.05) is 23.2 Å². The van der Waals surface area contributed by atoms with E-state index in [1.54, 1.807) is 24.3 Å². The van der Waals surface area contributed by atoms with E-state index in [0.717, 1.165) is 5.39 Å². The van der Waals surface area contributed by atoms with E-state index in [2.05, 4.69) is 5.32 Å². The number of hydrogen-bond acceptors (Lipinski definition) is 8. The van der Waals surface area contributed by atoms with Crippen LogP contribution in [-0.2, 0) is 4.74 Å². The van der Waals surface area contributed by atoms with Gasteiger partial charge in [0.05, 0.1) is 6.61 Å². The largest absolute Gasteiger partial charge is 0.423 e. The Morgan fingerprint density at radius 1 is 1.19 bits per heavy atom. The first-order chi connectivity index (χ1) is 12.4. The fraction of sp³-hybridized carbons (Fsp3) is 0.389. The molecule has 2 unspecified atom stereocenters. The molecular formula is C18H21NO7. The van der Waals surface area contributed by atoms with Crippen LogP contribution in [0.3, 0.4) is 0 Å². The fourth-order valence-corrected chi connectivity index (χ4v) is 3.04. The van der Waals surface area contributed by atoms with E-state index in [-0.39, 0.29) is 0 Å². The average Bonchev–Trinajstić information content (AvgIpc) is 2.61. The second-order valence-electron chi connectivity index (χ2n) is 6.13. The Bertz CT molecular complexity index is 862. The molecule has 1 aliphatic rings. The molecule has 140 valence electrons. The fourth-order valence-electron chi connectivity index (χ4n) is 3.04. The Balaban J connectivity index is 1.90. The lowest BCUT2D eigenvalue weighted by molar-refractivity contribution is -0.245.